The Kier molecular flexibility index (Phi) is 4.51. The number of hydrogen-bond donors (Lipinski definition) is 0. The van der Waals surface area contributed by atoms with Gasteiger partial charge in [0.15, 0.2) is 0 Å². The summed E-state index contributed by atoms with van der Waals surface area (Å²) in [5, 5.41) is -2.42. The van der Waals surface area contributed by atoms with Gasteiger partial charge in [0.1, 0.15) is 0 Å². The summed E-state index contributed by atoms with van der Waals surface area (Å²) in [6.07, 6.45) is -7.06. The molecule has 3 aromatic rings. The summed E-state index contributed by atoms with van der Waals surface area (Å²) in [5.74, 6) is -20.4. The molecule has 0 saturated heterocycles. The van der Waals surface area contributed by atoms with Gasteiger partial charge < -0.3 is 0 Å². The number of rotatable bonds is 4. The van der Waals surface area contributed by atoms with Crippen LogP contribution in [0, 0.1) is 0 Å². The van der Waals surface area contributed by atoms with Gasteiger partial charge in [-0.2, -0.15) is 39.5 Å². The molecule has 3 rings (SSSR count). The lowest BCUT2D eigenvalue weighted by atomic mass is 10.0. The summed E-state index contributed by atoms with van der Waals surface area (Å²) in [5.41, 5.74) is -5.38. The van der Waals surface area contributed by atoms with Gasteiger partial charge in [-0.3, -0.25) is 28.3 Å². The largest absolute Gasteiger partial charge is 0.460 e. The van der Waals surface area contributed by atoms with E-state index in [1.807, 2.05) is 0 Å². The molecular weight excluding hydrogens is 455 g/mol. The van der Waals surface area contributed by atoms with Crippen molar-refractivity contribution < 1.29 is 39.5 Å². The highest BCUT2D eigenvalue weighted by Crippen LogP contribution is 2.53. The van der Waals surface area contributed by atoms with Crippen LogP contribution in [0.15, 0.2) is 31.3 Å². The zero-order chi connectivity index (χ0) is 23.9. The molecule has 168 valence electrons. The average Bonchev–Trinajstić information content (AvgIpc) is 2.99. The fourth-order valence-corrected chi connectivity index (χ4v) is 2.99. The number of alkyl halides is 9. The van der Waals surface area contributed by atoms with Gasteiger partial charge in [0.25, 0.3) is 22.2 Å². The van der Waals surface area contributed by atoms with Crippen LogP contribution in [0.1, 0.15) is 0 Å². The Balaban J connectivity index is 2.22. The van der Waals surface area contributed by atoms with Gasteiger partial charge in [-0.1, -0.05) is 0 Å². The predicted molar refractivity (Wildman–Crippen MR) is 86.8 cm³/mol. The van der Waals surface area contributed by atoms with E-state index < -0.39 is 78.8 Å². The summed E-state index contributed by atoms with van der Waals surface area (Å²) < 4.78 is 117. The van der Waals surface area contributed by atoms with Crippen LogP contribution in [-0.2, 0) is 13.6 Å². The lowest BCUT2D eigenvalue weighted by Crippen LogP contribution is -2.62. The molecule has 6 nitrogen and oxygen atoms in total. The van der Waals surface area contributed by atoms with Crippen LogP contribution >= 0.6 is 0 Å². The maximum absolute atomic E-state index is 13.9. The Morgan fingerprint density at radius 2 is 1.00 bits per heavy atom. The third-order valence-corrected chi connectivity index (χ3v) is 4.75. The highest BCUT2D eigenvalue weighted by Gasteiger charge is 2.81. The molecule has 2 heterocycles. The minimum absolute atomic E-state index is 0.421. The molecule has 2 aromatic heterocycles. The third-order valence-electron chi connectivity index (χ3n) is 4.75. The van der Waals surface area contributed by atoms with Crippen molar-refractivity contribution in [2.75, 3.05) is 0 Å². The van der Waals surface area contributed by atoms with Crippen molar-refractivity contribution in [2.24, 2.45) is 7.05 Å². The van der Waals surface area contributed by atoms with Gasteiger partial charge in [0.05, 0.1) is 28.1 Å². The number of nitrogens with zero attached hydrogens (tertiary/aromatic N) is 2. The van der Waals surface area contributed by atoms with Gasteiger partial charge in [0.2, 0.25) is 0 Å². The molecule has 0 atom stereocenters. The molecule has 0 aliphatic rings. The molecule has 0 N–H and O–H groups in total. The normalized spacial score (nSPS) is 14.1. The summed E-state index contributed by atoms with van der Waals surface area (Å²) in [6.45, 7) is -2.82. The first kappa shape index (κ1) is 22.6. The van der Waals surface area contributed by atoms with E-state index in [1.54, 1.807) is 0 Å². The Bertz CT molecular complexity index is 1340. The van der Waals surface area contributed by atoms with Gasteiger partial charge in [0, 0.05) is 7.05 Å². The zero-order valence-corrected chi connectivity index (χ0v) is 14.8. The van der Waals surface area contributed by atoms with Crippen molar-refractivity contribution in [1.29, 1.82) is 0 Å². The van der Waals surface area contributed by atoms with E-state index in [0.717, 1.165) is 7.05 Å². The summed E-state index contributed by atoms with van der Waals surface area (Å²) in [7, 11) is 1.05. The summed E-state index contributed by atoms with van der Waals surface area (Å²) in [4.78, 5) is 48.3. The Hall–Kier alpha value is -3.13. The van der Waals surface area contributed by atoms with E-state index in [9.17, 15) is 58.7 Å². The SMILES string of the molecule is Cn1c(=O)c2cc3c(=O)n(CC(F)(F)C(F)(F)C(F)(F)C(F)(F)F)c(=O)c3cc2c1=O. The molecule has 0 aliphatic carbocycles. The van der Waals surface area contributed by atoms with Crippen molar-refractivity contribution >= 4 is 21.5 Å². The number of fused-ring (bicyclic) bond motifs is 2. The van der Waals surface area contributed by atoms with Crippen LogP contribution in [0.25, 0.3) is 21.5 Å². The fraction of sp³-hybridized carbons (Fsp3) is 0.375. The highest BCUT2D eigenvalue weighted by molar-refractivity contribution is 5.97. The van der Waals surface area contributed by atoms with Gasteiger partial charge in [-0.15, -0.1) is 0 Å². The monoisotopic (exact) mass is 462 g/mol. The maximum Gasteiger partial charge on any atom is 0.460 e. The van der Waals surface area contributed by atoms with Crippen molar-refractivity contribution in [3.8, 4) is 0 Å². The first-order chi connectivity index (χ1) is 13.9. The average molecular weight is 462 g/mol. The van der Waals surface area contributed by atoms with Crippen LogP contribution in [0.4, 0.5) is 39.5 Å². The second-order valence-electron chi connectivity index (χ2n) is 6.66. The highest BCUT2D eigenvalue weighted by atomic mass is 19.4. The van der Waals surface area contributed by atoms with Crippen LogP contribution in [0.2, 0.25) is 0 Å². The van der Waals surface area contributed by atoms with Gasteiger partial charge >= 0.3 is 23.9 Å². The Labute approximate surface area is 162 Å². The molecule has 15 heteroatoms. The molecule has 0 unspecified atom stereocenters. The second-order valence-corrected chi connectivity index (χ2v) is 6.66. The molecule has 0 aliphatic heterocycles. The minimum atomic E-state index is -7.19. The molecule has 0 bridgehead atoms. The van der Waals surface area contributed by atoms with E-state index in [-0.39, 0.29) is 0 Å². The third kappa shape index (κ3) is 2.81. The van der Waals surface area contributed by atoms with Gasteiger partial charge in [-0.05, 0) is 12.1 Å². The van der Waals surface area contributed by atoms with Gasteiger partial charge in [-0.25, -0.2) is 0 Å². The van der Waals surface area contributed by atoms with Crippen LogP contribution in [-0.4, -0.2) is 33.1 Å². The molecule has 0 spiro atoms. The number of hydrogen-bond acceptors (Lipinski definition) is 4. The Morgan fingerprint density at radius 3 is 1.35 bits per heavy atom. The molecular formula is C16H7F9N2O4. The molecule has 0 saturated carbocycles. The molecule has 1 aromatic carbocycles. The van der Waals surface area contributed by atoms with E-state index >= 15 is 0 Å². The summed E-state index contributed by atoms with van der Waals surface area (Å²) >= 11 is 0. The van der Waals surface area contributed by atoms with E-state index in [2.05, 4.69) is 0 Å². The lowest BCUT2D eigenvalue weighted by Gasteiger charge is -2.33. The molecule has 0 radical (unpaired) electrons. The van der Waals surface area contributed by atoms with E-state index in [1.165, 1.54) is 0 Å². The van der Waals surface area contributed by atoms with Crippen molar-refractivity contribution in [3.63, 3.8) is 0 Å². The van der Waals surface area contributed by atoms with Crippen LogP contribution in [0.3, 0.4) is 0 Å². The lowest BCUT2D eigenvalue weighted by molar-refractivity contribution is -0.397. The van der Waals surface area contributed by atoms with E-state index in [0.29, 0.717) is 16.7 Å². The Morgan fingerprint density at radius 1 is 0.645 bits per heavy atom. The topological polar surface area (TPSA) is 78.1 Å². The maximum atomic E-state index is 13.9. The standard InChI is InChI=1S/C16H7F9N2O4/c1-26-9(28)5-2-7-8(3-6(5)10(26)29)12(31)27(11(7)30)4-13(17,18)14(19,20)15(21,22)16(23,24)25/h2-3H,4H2,1H3. The minimum Gasteiger partial charge on any atom is -0.277 e. The molecule has 31 heavy (non-hydrogen) atoms. The van der Waals surface area contributed by atoms with E-state index in [4.69, 9.17) is 0 Å². The smallest absolute Gasteiger partial charge is 0.277 e. The number of halogens is 9. The number of benzene rings is 1. The predicted octanol–water partition coefficient (Wildman–Crippen LogP) is 1.92. The zero-order valence-electron chi connectivity index (χ0n) is 14.8. The number of aromatic nitrogens is 2. The van der Waals surface area contributed by atoms with Crippen LogP contribution in [0.5, 0.6) is 0 Å². The van der Waals surface area contributed by atoms with Crippen molar-refractivity contribution in [2.45, 2.75) is 30.5 Å². The van der Waals surface area contributed by atoms with Crippen molar-refractivity contribution in [1.82, 2.24) is 9.13 Å². The molecule has 0 fully saturated rings. The summed E-state index contributed by atoms with van der Waals surface area (Å²) in [6, 6.07) is 1.30. The second kappa shape index (κ2) is 6.20. The quantitative estimate of drug-likeness (QED) is 0.556. The van der Waals surface area contributed by atoms with Crippen molar-refractivity contribution in [3.05, 3.63) is 53.5 Å². The fourth-order valence-electron chi connectivity index (χ4n) is 2.99. The molecule has 0 amide bonds. The first-order valence-electron chi connectivity index (χ1n) is 7.93. The van der Waals surface area contributed by atoms with Crippen LogP contribution < -0.4 is 22.2 Å². The first-order valence-corrected chi connectivity index (χ1v) is 7.93.